The maximum absolute atomic E-state index is 10.7. The number of nitrogens with zero attached hydrogens (tertiary/aromatic N) is 3. The Hall–Kier alpha value is -0.380. The van der Waals surface area contributed by atoms with Gasteiger partial charge in [-0.1, -0.05) is 58.0 Å². The number of aromatic nitrogens is 3. The van der Waals surface area contributed by atoms with Crippen LogP contribution >= 0.6 is 43.6 Å². The molecule has 1 heterocycles. The average Bonchev–Trinajstić information content (AvgIpc) is 2.89. The zero-order valence-corrected chi connectivity index (χ0v) is 18.7. The third kappa shape index (κ3) is 4.42. The van der Waals surface area contributed by atoms with Gasteiger partial charge in [-0.2, -0.15) is 0 Å². The minimum absolute atomic E-state index is 0. The number of hydrogen-bond acceptors (Lipinski definition) is 5. The predicted molar refractivity (Wildman–Crippen MR) is 94.2 cm³/mol. The minimum Gasteiger partial charge on any atom is -0.549 e. The largest absolute Gasteiger partial charge is 1.00 e. The van der Waals surface area contributed by atoms with Crippen molar-refractivity contribution in [3.8, 4) is 0 Å². The number of benzene rings is 2. The van der Waals surface area contributed by atoms with Crippen LogP contribution in [0.25, 0.3) is 10.8 Å². The van der Waals surface area contributed by atoms with Crippen LogP contribution in [0.2, 0.25) is 0 Å². The van der Waals surface area contributed by atoms with E-state index in [4.69, 9.17) is 0 Å². The molecule has 0 saturated heterocycles. The van der Waals surface area contributed by atoms with E-state index in [2.05, 4.69) is 54.2 Å². The monoisotopic (exact) mass is 477 g/mol. The molecular formula is C15H10Br2N3NaO2S. The van der Waals surface area contributed by atoms with Crippen molar-refractivity contribution in [3.05, 3.63) is 51.2 Å². The summed E-state index contributed by atoms with van der Waals surface area (Å²) in [6.45, 7) is 0.538. The number of carbonyl (C=O) groups is 1. The fourth-order valence-electron chi connectivity index (χ4n) is 2.27. The van der Waals surface area contributed by atoms with Crippen molar-refractivity contribution >= 4 is 60.4 Å². The van der Waals surface area contributed by atoms with Crippen molar-refractivity contribution in [1.29, 1.82) is 0 Å². The smallest absolute Gasteiger partial charge is 0.549 e. The molecule has 5 nitrogen and oxygen atoms in total. The summed E-state index contributed by atoms with van der Waals surface area (Å²) in [4.78, 5) is 10.7. The number of rotatable bonds is 5. The second-order valence-electron chi connectivity index (χ2n) is 4.75. The van der Waals surface area contributed by atoms with Gasteiger partial charge >= 0.3 is 29.6 Å². The van der Waals surface area contributed by atoms with Crippen molar-refractivity contribution in [2.24, 2.45) is 0 Å². The van der Waals surface area contributed by atoms with Crippen LogP contribution in [0.5, 0.6) is 0 Å². The van der Waals surface area contributed by atoms with E-state index in [1.54, 1.807) is 0 Å². The summed E-state index contributed by atoms with van der Waals surface area (Å²) >= 11 is 8.02. The van der Waals surface area contributed by atoms with Gasteiger partial charge in [0, 0.05) is 10.2 Å². The zero-order valence-electron chi connectivity index (χ0n) is 12.7. The molecule has 24 heavy (non-hydrogen) atoms. The molecule has 0 spiro atoms. The molecule has 3 aromatic rings. The molecule has 0 N–H and O–H groups in total. The molecule has 0 radical (unpaired) electrons. The fourth-order valence-corrected chi connectivity index (χ4v) is 3.89. The van der Waals surface area contributed by atoms with Gasteiger partial charge in [-0.15, -0.1) is 10.2 Å². The fraction of sp³-hybridized carbons (Fsp3) is 0.133. The molecule has 0 atom stereocenters. The van der Waals surface area contributed by atoms with Crippen LogP contribution < -0.4 is 34.7 Å². The molecule has 0 bridgehead atoms. The molecule has 0 aliphatic heterocycles. The SMILES string of the molecule is O=C([O-])CSc1nnc(Br)n1Cc1ccc(Br)c2ccccc12.[Na+]. The topological polar surface area (TPSA) is 70.8 Å². The second-order valence-corrected chi connectivity index (χ2v) is 7.26. The summed E-state index contributed by atoms with van der Waals surface area (Å²) in [7, 11) is 0. The second kappa shape index (κ2) is 8.82. The van der Waals surface area contributed by atoms with E-state index in [1.807, 2.05) is 28.8 Å². The number of halogens is 2. The Morgan fingerprint density at radius 3 is 2.54 bits per heavy atom. The Kier molecular flexibility index (Phi) is 7.33. The van der Waals surface area contributed by atoms with Crippen LogP contribution in [0, 0.1) is 0 Å². The number of aliphatic carboxylic acids is 1. The number of thioether (sulfide) groups is 1. The van der Waals surface area contributed by atoms with Gasteiger partial charge in [0.2, 0.25) is 4.73 Å². The molecule has 3 rings (SSSR count). The molecule has 1 aromatic heterocycles. The molecule has 2 aromatic carbocycles. The van der Waals surface area contributed by atoms with Crippen LogP contribution in [0.3, 0.4) is 0 Å². The zero-order chi connectivity index (χ0) is 16.4. The van der Waals surface area contributed by atoms with E-state index in [0.29, 0.717) is 16.4 Å². The third-order valence-electron chi connectivity index (χ3n) is 3.28. The summed E-state index contributed by atoms with van der Waals surface area (Å²) in [5.74, 6) is -1.29. The maximum Gasteiger partial charge on any atom is 1.00 e. The molecule has 9 heteroatoms. The van der Waals surface area contributed by atoms with Gasteiger partial charge < -0.3 is 9.90 Å². The van der Waals surface area contributed by atoms with Crippen molar-refractivity contribution in [1.82, 2.24) is 14.8 Å². The van der Waals surface area contributed by atoms with E-state index in [-0.39, 0.29) is 35.3 Å². The summed E-state index contributed by atoms with van der Waals surface area (Å²) < 4.78 is 3.43. The quantitative estimate of drug-likeness (QED) is 0.377. The average molecular weight is 479 g/mol. The van der Waals surface area contributed by atoms with Crippen LogP contribution in [-0.2, 0) is 11.3 Å². The van der Waals surface area contributed by atoms with Gasteiger partial charge in [0.05, 0.1) is 12.5 Å². The first-order valence-electron chi connectivity index (χ1n) is 6.63. The Labute approximate surface area is 181 Å². The standard InChI is InChI=1S/C15H11Br2N3O2S.Na/c16-12-6-5-9(10-3-1-2-4-11(10)12)7-20-14(17)18-19-15(20)23-8-13(21)22;/h1-6H,7-8H2,(H,21,22);/q;+1/p-1. The molecule has 0 unspecified atom stereocenters. The van der Waals surface area contributed by atoms with Gasteiger partial charge in [0.1, 0.15) is 0 Å². The van der Waals surface area contributed by atoms with Crippen LogP contribution in [-0.4, -0.2) is 26.5 Å². The molecule has 0 fully saturated rings. The predicted octanol–water partition coefficient (Wildman–Crippen LogP) is -0.149. The molecule has 0 aliphatic rings. The Balaban J connectivity index is 0.00000208. The third-order valence-corrected chi connectivity index (χ3v) is 5.50. The maximum atomic E-state index is 10.7. The van der Waals surface area contributed by atoms with Crippen molar-refractivity contribution in [2.45, 2.75) is 11.7 Å². The van der Waals surface area contributed by atoms with Crippen LogP contribution in [0.1, 0.15) is 5.56 Å². The summed E-state index contributed by atoms with van der Waals surface area (Å²) in [5.41, 5.74) is 1.10. The van der Waals surface area contributed by atoms with Crippen LogP contribution in [0.4, 0.5) is 0 Å². The number of carboxylic acids is 1. The normalized spacial score (nSPS) is 10.6. The molecule has 0 amide bonds. The van der Waals surface area contributed by atoms with E-state index in [1.165, 1.54) is 0 Å². The van der Waals surface area contributed by atoms with Crippen molar-refractivity contribution in [3.63, 3.8) is 0 Å². The van der Waals surface area contributed by atoms with Gasteiger partial charge in [-0.25, -0.2) is 0 Å². The van der Waals surface area contributed by atoms with E-state index in [9.17, 15) is 9.90 Å². The molecule has 118 valence electrons. The number of carbonyl (C=O) groups excluding carboxylic acids is 1. The Morgan fingerprint density at radius 1 is 1.12 bits per heavy atom. The van der Waals surface area contributed by atoms with Gasteiger partial charge in [-0.05, 0) is 38.3 Å². The Bertz CT molecular complexity index is 888. The van der Waals surface area contributed by atoms with Crippen LogP contribution in [0.15, 0.2) is 50.8 Å². The molecule has 0 aliphatic carbocycles. The van der Waals surface area contributed by atoms with Gasteiger partial charge in [0.15, 0.2) is 5.16 Å². The van der Waals surface area contributed by atoms with Gasteiger partial charge in [-0.3, -0.25) is 4.57 Å². The molecule has 0 saturated carbocycles. The van der Waals surface area contributed by atoms with E-state index in [0.717, 1.165) is 32.6 Å². The number of hydrogen-bond donors (Lipinski definition) is 0. The number of carboxylic acid groups (broad SMARTS) is 1. The van der Waals surface area contributed by atoms with Gasteiger partial charge in [0.25, 0.3) is 0 Å². The summed E-state index contributed by atoms with van der Waals surface area (Å²) in [6, 6.07) is 12.1. The molecular weight excluding hydrogens is 469 g/mol. The number of fused-ring (bicyclic) bond motifs is 1. The van der Waals surface area contributed by atoms with Crippen molar-refractivity contribution < 1.29 is 39.5 Å². The first-order chi connectivity index (χ1) is 11.1. The van der Waals surface area contributed by atoms with Crippen molar-refractivity contribution in [2.75, 3.05) is 5.75 Å². The summed E-state index contributed by atoms with van der Waals surface area (Å²) in [6.07, 6.45) is 0. The minimum atomic E-state index is -1.13. The first-order valence-corrected chi connectivity index (χ1v) is 9.21. The van der Waals surface area contributed by atoms with E-state index >= 15 is 0 Å². The Morgan fingerprint density at radius 2 is 1.83 bits per heavy atom. The first kappa shape index (κ1) is 19.9. The van der Waals surface area contributed by atoms with E-state index < -0.39 is 5.97 Å². The summed E-state index contributed by atoms with van der Waals surface area (Å²) in [5, 5.41) is 21.4.